The highest BCUT2D eigenvalue weighted by atomic mass is 16.6. The van der Waals surface area contributed by atoms with E-state index in [1.165, 1.54) is 19.3 Å². The molecule has 2 bridgehead atoms. The first-order valence-corrected chi connectivity index (χ1v) is 12.0. The molecule has 1 heterocycles. The monoisotopic (exact) mass is 457 g/mol. The van der Waals surface area contributed by atoms with Gasteiger partial charge in [0.2, 0.25) is 11.9 Å². The molecule has 1 unspecified atom stereocenters. The van der Waals surface area contributed by atoms with E-state index in [0.717, 1.165) is 29.8 Å². The second kappa shape index (κ2) is 7.48. The van der Waals surface area contributed by atoms with Crippen LogP contribution >= 0.6 is 0 Å². The van der Waals surface area contributed by atoms with Gasteiger partial charge in [-0.25, -0.2) is 5.10 Å². The van der Waals surface area contributed by atoms with Crippen molar-refractivity contribution < 1.29 is 9.72 Å². The molecule has 2 N–H and O–H groups in total. The maximum atomic E-state index is 13.8. The van der Waals surface area contributed by atoms with Gasteiger partial charge in [0.05, 0.1) is 5.41 Å². The molecule has 1 fully saturated rings. The zero-order valence-electron chi connectivity index (χ0n) is 19.1. The van der Waals surface area contributed by atoms with Crippen LogP contribution in [0.25, 0.3) is 0 Å². The number of amides is 1. The van der Waals surface area contributed by atoms with E-state index in [1.54, 1.807) is 0 Å². The Balaban J connectivity index is 1.40. The Morgan fingerprint density at radius 1 is 1.06 bits per heavy atom. The van der Waals surface area contributed by atoms with E-state index in [2.05, 4.69) is 20.5 Å². The zero-order valence-corrected chi connectivity index (χ0v) is 19.1. The highest BCUT2D eigenvalue weighted by Crippen LogP contribution is 2.63. The molecule has 8 nitrogen and oxygen atoms in total. The normalized spacial score (nSPS) is 27.6. The molecule has 4 aliphatic rings. The van der Waals surface area contributed by atoms with Gasteiger partial charge in [-0.2, -0.15) is 10.1 Å². The number of carbonyl (C=O) groups excluding carboxylic acids is 1. The Hall–Kier alpha value is -3.55. The average molecular weight is 458 g/mol. The fourth-order valence-electron chi connectivity index (χ4n) is 6.67. The number of anilines is 1. The number of H-pyrrole nitrogens is 1. The largest absolute Gasteiger partial charge is 0.294 e. The lowest BCUT2D eigenvalue weighted by molar-refractivity contribution is -0.573. The van der Waals surface area contributed by atoms with E-state index < -0.39 is 11.0 Å². The minimum atomic E-state index is -1.47. The molecule has 7 rings (SSSR count). The SMILES string of the molecule is CC1(C(=O)Nc2nc(C3CCCCC3)n[nH]2)CC2([N+](=O)[O-])c3ccccc3C1c1ccccc12. The maximum absolute atomic E-state index is 13.8. The smallest absolute Gasteiger partial charge is 0.273 e. The van der Waals surface area contributed by atoms with Crippen molar-refractivity contribution in [2.45, 2.75) is 62.8 Å². The highest BCUT2D eigenvalue weighted by molar-refractivity contribution is 5.96. The summed E-state index contributed by atoms with van der Waals surface area (Å²) in [5, 5.41) is 22.9. The molecule has 0 aliphatic heterocycles. The van der Waals surface area contributed by atoms with Crippen molar-refractivity contribution >= 4 is 11.9 Å². The summed E-state index contributed by atoms with van der Waals surface area (Å²) in [5.74, 6) is 0.794. The van der Waals surface area contributed by atoms with Crippen LogP contribution in [-0.4, -0.2) is 26.0 Å². The first-order valence-electron chi connectivity index (χ1n) is 12.0. The van der Waals surface area contributed by atoms with Gasteiger partial charge in [-0.3, -0.25) is 20.2 Å². The summed E-state index contributed by atoms with van der Waals surface area (Å²) >= 11 is 0. The Morgan fingerprint density at radius 2 is 1.68 bits per heavy atom. The number of nitrogens with one attached hydrogen (secondary N) is 2. The number of aromatic nitrogens is 3. The lowest BCUT2D eigenvalue weighted by atomic mass is 9.49. The standard InChI is InChI=1S/C26H27N5O3/c1-25(23(32)28-24-27-22(29-30-24)16-9-3-2-4-10-16)15-26(31(33)34)19-13-7-5-11-17(19)21(25)18-12-6-8-14-20(18)26/h5-8,11-14,16,21H,2-4,9-10,15H2,1H3,(H2,27,28,29,30,32). The summed E-state index contributed by atoms with van der Waals surface area (Å²) in [4.78, 5) is 30.9. The number of hydrogen-bond donors (Lipinski definition) is 2. The molecule has 174 valence electrons. The zero-order chi connectivity index (χ0) is 23.5. The summed E-state index contributed by atoms with van der Waals surface area (Å²) in [6, 6.07) is 15.0. The lowest BCUT2D eigenvalue weighted by Crippen LogP contribution is -2.57. The van der Waals surface area contributed by atoms with Gasteiger partial charge in [-0.05, 0) is 30.9 Å². The van der Waals surface area contributed by atoms with Gasteiger partial charge < -0.3 is 0 Å². The van der Waals surface area contributed by atoms with E-state index in [0.29, 0.717) is 23.0 Å². The van der Waals surface area contributed by atoms with E-state index in [-0.39, 0.29) is 23.2 Å². The van der Waals surface area contributed by atoms with Crippen LogP contribution in [-0.2, 0) is 10.3 Å². The maximum Gasteiger partial charge on any atom is 0.273 e. The third-order valence-corrected chi connectivity index (χ3v) is 8.23. The number of benzene rings is 2. The molecular formula is C26H27N5O3. The van der Waals surface area contributed by atoms with Crippen molar-refractivity contribution in [1.82, 2.24) is 15.2 Å². The van der Waals surface area contributed by atoms with Gasteiger partial charge in [0.15, 0.2) is 5.82 Å². The molecule has 1 amide bonds. The van der Waals surface area contributed by atoms with E-state index in [9.17, 15) is 14.9 Å². The van der Waals surface area contributed by atoms with Crippen LogP contribution in [0, 0.1) is 15.5 Å². The van der Waals surface area contributed by atoms with Crippen LogP contribution in [0.1, 0.15) is 85.4 Å². The van der Waals surface area contributed by atoms with Crippen molar-refractivity contribution in [2.75, 3.05) is 5.32 Å². The predicted octanol–water partition coefficient (Wildman–Crippen LogP) is 4.87. The van der Waals surface area contributed by atoms with Crippen molar-refractivity contribution in [3.8, 4) is 0 Å². The number of nitrogens with zero attached hydrogens (tertiary/aromatic N) is 3. The van der Waals surface area contributed by atoms with Crippen LogP contribution in [0.4, 0.5) is 5.95 Å². The molecule has 4 aliphatic carbocycles. The first kappa shape index (κ1) is 21.0. The fourth-order valence-corrected chi connectivity index (χ4v) is 6.67. The molecule has 1 aromatic heterocycles. The second-order valence-electron chi connectivity index (χ2n) is 10.2. The van der Waals surface area contributed by atoms with E-state index in [1.807, 2.05) is 55.5 Å². The molecule has 34 heavy (non-hydrogen) atoms. The number of carbonyl (C=O) groups is 1. The number of rotatable bonds is 4. The Labute approximate surface area is 197 Å². The van der Waals surface area contributed by atoms with Gasteiger partial charge in [0.25, 0.3) is 5.54 Å². The van der Waals surface area contributed by atoms with Crippen molar-refractivity contribution in [2.24, 2.45) is 5.41 Å². The van der Waals surface area contributed by atoms with Gasteiger partial charge in [0, 0.05) is 34.3 Å². The summed E-state index contributed by atoms with van der Waals surface area (Å²) in [6.07, 6.45) is 5.78. The van der Waals surface area contributed by atoms with Crippen molar-refractivity contribution in [3.63, 3.8) is 0 Å². The summed E-state index contributed by atoms with van der Waals surface area (Å²) in [7, 11) is 0. The Kier molecular flexibility index (Phi) is 4.62. The number of fused-ring (bicyclic) bond motifs is 1. The topological polar surface area (TPSA) is 114 Å². The van der Waals surface area contributed by atoms with Gasteiger partial charge in [-0.15, -0.1) is 0 Å². The molecule has 0 radical (unpaired) electrons. The number of nitro groups is 1. The van der Waals surface area contributed by atoms with Crippen LogP contribution in [0.15, 0.2) is 48.5 Å². The van der Waals surface area contributed by atoms with E-state index in [4.69, 9.17) is 0 Å². The molecule has 3 aromatic rings. The van der Waals surface area contributed by atoms with Crippen molar-refractivity contribution in [3.05, 3.63) is 86.7 Å². The minimum absolute atomic E-state index is 0.0845. The number of aromatic amines is 1. The molecule has 1 atom stereocenters. The lowest BCUT2D eigenvalue weighted by Gasteiger charge is -2.52. The number of hydrogen-bond acceptors (Lipinski definition) is 5. The van der Waals surface area contributed by atoms with Gasteiger partial charge >= 0.3 is 0 Å². The van der Waals surface area contributed by atoms with Crippen LogP contribution in [0.3, 0.4) is 0 Å². The van der Waals surface area contributed by atoms with Crippen LogP contribution in [0.5, 0.6) is 0 Å². The Bertz CT molecular complexity index is 1250. The van der Waals surface area contributed by atoms with Gasteiger partial charge in [-0.1, -0.05) is 67.8 Å². The molecule has 8 heteroatoms. The van der Waals surface area contributed by atoms with E-state index >= 15 is 0 Å². The van der Waals surface area contributed by atoms with Crippen molar-refractivity contribution in [1.29, 1.82) is 0 Å². The summed E-state index contributed by atoms with van der Waals surface area (Å²) in [5.41, 5.74) is 0.571. The Morgan fingerprint density at radius 3 is 2.29 bits per heavy atom. The molecular weight excluding hydrogens is 430 g/mol. The molecule has 0 spiro atoms. The van der Waals surface area contributed by atoms with Crippen LogP contribution in [0.2, 0.25) is 0 Å². The molecule has 2 aromatic carbocycles. The third kappa shape index (κ3) is 2.80. The molecule has 1 saturated carbocycles. The average Bonchev–Trinajstić information content (AvgIpc) is 3.33. The van der Waals surface area contributed by atoms with Crippen LogP contribution < -0.4 is 5.32 Å². The molecule has 0 saturated heterocycles. The minimum Gasteiger partial charge on any atom is -0.294 e. The predicted molar refractivity (Wildman–Crippen MR) is 126 cm³/mol. The van der Waals surface area contributed by atoms with Gasteiger partial charge in [0.1, 0.15) is 0 Å². The fraction of sp³-hybridized carbons (Fsp3) is 0.423. The summed E-state index contributed by atoms with van der Waals surface area (Å²) in [6.45, 7) is 1.84. The summed E-state index contributed by atoms with van der Waals surface area (Å²) < 4.78 is 0. The first-order chi connectivity index (χ1) is 16.4. The second-order valence-corrected chi connectivity index (χ2v) is 10.2. The highest BCUT2D eigenvalue weighted by Gasteiger charge is 2.67. The third-order valence-electron chi connectivity index (χ3n) is 8.23. The quantitative estimate of drug-likeness (QED) is 0.429.